The quantitative estimate of drug-likeness (QED) is 0.552. The van der Waals surface area contributed by atoms with Crippen molar-refractivity contribution in [1.82, 2.24) is 9.97 Å². The number of carbonyl (C=O) groups is 1. The van der Waals surface area contributed by atoms with E-state index in [4.69, 9.17) is 9.47 Å². The van der Waals surface area contributed by atoms with Gasteiger partial charge in [0, 0.05) is 36.2 Å². The van der Waals surface area contributed by atoms with Crippen molar-refractivity contribution in [2.45, 2.75) is 19.8 Å². The third kappa shape index (κ3) is 5.66. The summed E-state index contributed by atoms with van der Waals surface area (Å²) >= 11 is 0. The highest BCUT2D eigenvalue weighted by atomic mass is 16.5. The molecule has 0 spiro atoms. The number of rotatable bonds is 8. The summed E-state index contributed by atoms with van der Waals surface area (Å²) in [4.78, 5) is 23.6. The Morgan fingerprint density at radius 3 is 2.31 bits per heavy atom. The third-order valence-electron chi connectivity index (χ3n) is 5.12. The summed E-state index contributed by atoms with van der Waals surface area (Å²) in [6.07, 6.45) is 2.40. The minimum Gasteiger partial charge on any atom is -0.497 e. The first-order valence-corrected chi connectivity index (χ1v) is 10.6. The van der Waals surface area contributed by atoms with Crippen LogP contribution in [0.1, 0.15) is 18.5 Å². The van der Waals surface area contributed by atoms with Gasteiger partial charge in [0.05, 0.1) is 7.11 Å². The number of nitrogens with zero attached hydrogens (tertiary/aromatic N) is 3. The van der Waals surface area contributed by atoms with E-state index < -0.39 is 0 Å². The van der Waals surface area contributed by atoms with Gasteiger partial charge < -0.3 is 25.0 Å². The SMILES string of the molecule is COc1ccc(OCC(=O)Nc2ccc(Nc3nc(C)cc(N4CCCC4)n3)cc2)cc1. The molecule has 1 aromatic heterocycles. The monoisotopic (exact) mass is 433 g/mol. The second-order valence-electron chi connectivity index (χ2n) is 7.60. The molecule has 3 aromatic rings. The Morgan fingerprint density at radius 1 is 0.969 bits per heavy atom. The molecule has 32 heavy (non-hydrogen) atoms. The smallest absolute Gasteiger partial charge is 0.262 e. The van der Waals surface area contributed by atoms with Gasteiger partial charge in [-0.3, -0.25) is 4.79 Å². The van der Waals surface area contributed by atoms with Crippen molar-refractivity contribution in [3.8, 4) is 11.5 Å². The molecule has 0 unspecified atom stereocenters. The fraction of sp³-hybridized carbons (Fsp3) is 0.292. The highest BCUT2D eigenvalue weighted by Gasteiger charge is 2.15. The van der Waals surface area contributed by atoms with E-state index in [2.05, 4.69) is 25.5 Å². The van der Waals surface area contributed by atoms with Crippen LogP contribution in [0.5, 0.6) is 11.5 Å². The molecule has 4 rings (SSSR count). The van der Waals surface area contributed by atoms with Gasteiger partial charge in [-0.05, 0) is 68.3 Å². The van der Waals surface area contributed by atoms with Crippen LogP contribution in [0, 0.1) is 6.92 Å². The molecule has 0 atom stereocenters. The van der Waals surface area contributed by atoms with Crippen molar-refractivity contribution in [1.29, 1.82) is 0 Å². The number of anilines is 4. The number of methoxy groups -OCH3 is 1. The lowest BCUT2D eigenvalue weighted by Gasteiger charge is -2.17. The number of ether oxygens (including phenoxy) is 2. The summed E-state index contributed by atoms with van der Waals surface area (Å²) < 4.78 is 10.6. The maximum atomic E-state index is 12.2. The number of benzene rings is 2. The van der Waals surface area contributed by atoms with Crippen molar-refractivity contribution in [2.24, 2.45) is 0 Å². The van der Waals surface area contributed by atoms with Crippen molar-refractivity contribution < 1.29 is 14.3 Å². The predicted molar refractivity (Wildman–Crippen MR) is 125 cm³/mol. The predicted octanol–water partition coefficient (Wildman–Crippen LogP) is 4.15. The van der Waals surface area contributed by atoms with Crippen LogP contribution in [0.4, 0.5) is 23.1 Å². The van der Waals surface area contributed by atoms with Crippen LogP contribution in [-0.4, -0.2) is 42.7 Å². The first-order chi connectivity index (χ1) is 15.6. The maximum absolute atomic E-state index is 12.2. The highest BCUT2D eigenvalue weighted by Crippen LogP contribution is 2.22. The molecule has 8 nitrogen and oxygen atoms in total. The van der Waals surface area contributed by atoms with Crippen LogP contribution in [-0.2, 0) is 4.79 Å². The van der Waals surface area contributed by atoms with Crippen molar-refractivity contribution in [3.05, 3.63) is 60.3 Å². The molecule has 1 aliphatic rings. The van der Waals surface area contributed by atoms with Crippen LogP contribution in [0.15, 0.2) is 54.6 Å². The summed E-state index contributed by atoms with van der Waals surface area (Å²) in [6, 6.07) is 16.5. The minimum atomic E-state index is -0.237. The summed E-state index contributed by atoms with van der Waals surface area (Å²) in [5.41, 5.74) is 2.45. The molecule has 1 saturated heterocycles. The summed E-state index contributed by atoms with van der Waals surface area (Å²) in [7, 11) is 1.60. The fourth-order valence-electron chi connectivity index (χ4n) is 3.50. The van der Waals surface area contributed by atoms with Gasteiger partial charge >= 0.3 is 0 Å². The van der Waals surface area contributed by atoms with Crippen molar-refractivity contribution in [2.75, 3.05) is 42.3 Å². The van der Waals surface area contributed by atoms with E-state index in [0.29, 0.717) is 17.4 Å². The Morgan fingerprint density at radius 2 is 1.62 bits per heavy atom. The maximum Gasteiger partial charge on any atom is 0.262 e. The van der Waals surface area contributed by atoms with Crippen molar-refractivity contribution in [3.63, 3.8) is 0 Å². The first kappa shape index (κ1) is 21.4. The number of hydrogen-bond acceptors (Lipinski definition) is 7. The molecule has 0 aliphatic carbocycles. The zero-order valence-corrected chi connectivity index (χ0v) is 18.3. The van der Waals surface area contributed by atoms with E-state index in [1.165, 1.54) is 12.8 Å². The van der Waals surface area contributed by atoms with Gasteiger partial charge in [-0.15, -0.1) is 0 Å². The average molecular weight is 434 g/mol. The van der Waals surface area contributed by atoms with Crippen LogP contribution >= 0.6 is 0 Å². The van der Waals surface area contributed by atoms with E-state index in [9.17, 15) is 4.79 Å². The molecule has 8 heteroatoms. The van der Waals surface area contributed by atoms with E-state index in [0.717, 1.165) is 36.0 Å². The molecule has 2 heterocycles. The zero-order chi connectivity index (χ0) is 22.3. The Hall–Kier alpha value is -3.81. The number of aryl methyl sites for hydroxylation is 1. The molecular weight excluding hydrogens is 406 g/mol. The van der Waals surface area contributed by atoms with Gasteiger partial charge in [-0.2, -0.15) is 4.98 Å². The van der Waals surface area contributed by atoms with Gasteiger partial charge in [0.25, 0.3) is 5.91 Å². The highest BCUT2D eigenvalue weighted by molar-refractivity contribution is 5.92. The second-order valence-corrected chi connectivity index (χ2v) is 7.60. The standard InChI is InChI=1S/C24H27N5O3/c1-17-15-22(29-13-3-4-14-29)28-24(25-17)27-19-7-5-18(6-8-19)26-23(30)16-32-21-11-9-20(31-2)10-12-21/h5-12,15H,3-4,13-14,16H2,1-2H3,(H,26,30)(H,25,27,28). The van der Waals surface area contributed by atoms with Gasteiger partial charge in [0.15, 0.2) is 6.61 Å². The second kappa shape index (κ2) is 10.00. The van der Waals surface area contributed by atoms with Crippen LogP contribution in [0.3, 0.4) is 0 Å². The molecule has 2 N–H and O–H groups in total. The topological polar surface area (TPSA) is 88.6 Å². The molecule has 166 valence electrons. The summed E-state index contributed by atoms with van der Waals surface area (Å²) in [5.74, 6) is 2.62. The lowest BCUT2D eigenvalue weighted by Crippen LogP contribution is -2.20. The number of nitrogens with one attached hydrogen (secondary N) is 2. The minimum absolute atomic E-state index is 0.0806. The number of aromatic nitrogens is 2. The molecule has 1 aliphatic heterocycles. The van der Waals surface area contributed by atoms with E-state index in [1.54, 1.807) is 31.4 Å². The average Bonchev–Trinajstić information content (AvgIpc) is 3.34. The molecule has 2 aromatic carbocycles. The molecule has 0 saturated carbocycles. The third-order valence-corrected chi connectivity index (χ3v) is 5.12. The number of hydrogen-bond donors (Lipinski definition) is 2. The van der Waals surface area contributed by atoms with Crippen LogP contribution < -0.4 is 25.0 Å². The van der Waals surface area contributed by atoms with Gasteiger partial charge in [-0.1, -0.05) is 0 Å². The molecular formula is C24H27N5O3. The lowest BCUT2D eigenvalue weighted by atomic mass is 10.3. The lowest BCUT2D eigenvalue weighted by molar-refractivity contribution is -0.118. The van der Waals surface area contributed by atoms with Crippen LogP contribution in [0.25, 0.3) is 0 Å². The zero-order valence-electron chi connectivity index (χ0n) is 18.3. The number of carbonyl (C=O) groups excluding carboxylic acids is 1. The fourth-order valence-corrected chi connectivity index (χ4v) is 3.50. The van der Waals surface area contributed by atoms with E-state index >= 15 is 0 Å². The van der Waals surface area contributed by atoms with Gasteiger partial charge in [-0.25, -0.2) is 4.98 Å². The van der Waals surface area contributed by atoms with E-state index in [-0.39, 0.29) is 12.5 Å². The Balaban J connectivity index is 1.31. The van der Waals surface area contributed by atoms with Gasteiger partial charge in [0.1, 0.15) is 17.3 Å². The normalized spacial score (nSPS) is 13.0. The Kier molecular flexibility index (Phi) is 6.69. The summed E-state index contributed by atoms with van der Waals surface area (Å²) in [6.45, 7) is 3.96. The first-order valence-electron chi connectivity index (χ1n) is 10.6. The Labute approximate surface area is 187 Å². The van der Waals surface area contributed by atoms with E-state index in [1.807, 2.05) is 37.3 Å². The summed E-state index contributed by atoms with van der Waals surface area (Å²) in [5, 5.41) is 6.08. The van der Waals surface area contributed by atoms with Crippen LogP contribution in [0.2, 0.25) is 0 Å². The molecule has 0 radical (unpaired) electrons. The molecule has 0 bridgehead atoms. The largest absolute Gasteiger partial charge is 0.497 e. The molecule has 1 amide bonds. The number of amides is 1. The van der Waals surface area contributed by atoms with Gasteiger partial charge in [0.2, 0.25) is 5.95 Å². The molecule has 1 fully saturated rings. The van der Waals surface area contributed by atoms with Crippen molar-refractivity contribution >= 4 is 29.0 Å². The Bertz CT molecular complexity index is 1050.